The summed E-state index contributed by atoms with van der Waals surface area (Å²) in [7, 11) is 0. The maximum absolute atomic E-state index is 11.2. The second-order valence-corrected chi connectivity index (χ2v) is 8.15. The van der Waals surface area contributed by atoms with Crippen LogP contribution in [0.1, 0.15) is 17.0 Å². The second kappa shape index (κ2) is 7.23. The molecule has 5 aromatic rings. The molecule has 2 atom stereocenters. The van der Waals surface area contributed by atoms with Gasteiger partial charge in [-0.05, 0) is 29.3 Å². The number of imidazole rings is 1. The molecule has 0 aliphatic heterocycles. The molecule has 4 heteroatoms. The van der Waals surface area contributed by atoms with E-state index in [0.717, 1.165) is 11.1 Å². The zero-order chi connectivity index (χ0) is 18.9. The van der Waals surface area contributed by atoms with Crippen LogP contribution in [0.3, 0.4) is 0 Å². The van der Waals surface area contributed by atoms with Gasteiger partial charge in [0.05, 0.1) is 19.0 Å². The predicted molar refractivity (Wildman–Crippen MR) is 116 cm³/mol. The molecule has 0 saturated heterocycles. The molecule has 1 N–H and O–H groups in total. The minimum atomic E-state index is -0.557. The summed E-state index contributed by atoms with van der Waals surface area (Å²) in [4.78, 5) is 4.10. The van der Waals surface area contributed by atoms with E-state index in [1.807, 2.05) is 40.3 Å². The van der Waals surface area contributed by atoms with Gasteiger partial charge in [-0.15, -0.1) is 11.3 Å². The van der Waals surface area contributed by atoms with Gasteiger partial charge in [0.1, 0.15) is 0 Å². The number of aliphatic hydroxyl groups excluding tert-OH is 1. The Kier molecular flexibility index (Phi) is 4.43. The van der Waals surface area contributed by atoms with Gasteiger partial charge in [-0.2, -0.15) is 0 Å². The van der Waals surface area contributed by atoms with E-state index in [1.54, 1.807) is 12.5 Å². The summed E-state index contributed by atoms with van der Waals surface area (Å²) in [6.45, 7) is 0.502. The third-order valence-corrected chi connectivity index (χ3v) is 6.41. The van der Waals surface area contributed by atoms with Crippen molar-refractivity contribution in [1.29, 1.82) is 0 Å². The predicted octanol–water partition coefficient (Wildman–Crippen LogP) is 5.44. The molecule has 0 aliphatic rings. The summed E-state index contributed by atoms with van der Waals surface area (Å²) in [5.74, 6) is -0.105. The van der Waals surface area contributed by atoms with Crippen LogP contribution in [0.25, 0.3) is 20.2 Å². The summed E-state index contributed by atoms with van der Waals surface area (Å²) in [6, 6.07) is 25.4. The highest BCUT2D eigenvalue weighted by molar-refractivity contribution is 7.25. The monoisotopic (exact) mass is 384 g/mol. The molecule has 0 fully saturated rings. The summed E-state index contributed by atoms with van der Waals surface area (Å²) in [5.41, 5.74) is 2.25. The Labute approximate surface area is 167 Å². The number of benzene rings is 3. The first-order valence-electron chi connectivity index (χ1n) is 9.39. The SMILES string of the molecule is OC(Cn1ccnc1)C(c1ccccc1)c1ccc2sc3ccccc3c2c1. The van der Waals surface area contributed by atoms with Gasteiger partial charge in [-0.1, -0.05) is 54.6 Å². The number of thiophene rings is 1. The van der Waals surface area contributed by atoms with E-state index in [0.29, 0.717) is 6.54 Å². The van der Waals surface area contributed by atoms with E-state index in [2.05, 4.69) is 59.6 Å². The van der Waals surface area contributed by atoms with Gasteiger partial charge in [0.15, 0.2) is 0 Å². The lowest BCUT2D eigenvalue weighted by molar-refractivity contribution is 0.136. The molecular formula is C24H20N2OS. The Bertz CT molecular complexity index is 1210. The molecule has 2 heterocycles. The molecule has 0 spiro atoms. The fraction of sp³-hybridized carbons (Fsp3) is 0.125. The molecule has 0 saturated carbocycles. The van der Waals surface area contributed by atoms with Crippen LogP contribution in [0, 0.1) is 0 Å². The molecule has 2 unspecified atom stereocenters. The molecule has 2 aromatic heterocycles. The van der Waals surface area contributed by atoms with Gasteiger partial charge in [0.2, 0.25) is 0 Å². The lowest BCUT2D eigenvalue weighted by Crippen LogP contribution is -2.24. The Morgan fingerprint density at radius 3 is 2.46 bits per heavy atom. The summed E-state index contributed by atoms with van der Waals surface area (Å²) in [5, 5.41) is 13.7. The number of hydrogen-bond acceptors (Lipinski definition) is 3. The van der Waals surface area contributed by atoms with Gasteiger partial charge >= 0.3 is 0 Å². The second-order valence-electron chi connectivity index (χ2n) is 7.07. The molecule has 28 heavy (non-hydrogen) atoms. The minimum absolute atomic E-state index is 0.105. The summed E-state index contributed by atoms with van der Waals surface area (Å²) >= 11 is 1.82. The van der Waals surface area contributed by atoms with Crippen molar-refractivity contribution < 1.29 is 5.11 Å². The number of aliphatic hydroxyl groups is 1. The first-order valence-corrected chi connectivity index (χ1v) is 10.2. The maximum atomic E-state index is 11.2. The standard InChI is InChI=1S/C24H20N2OS/c27-21(15-26-13-12-25-16-26)24(17-6-2-1-3-7-17)18-10-11-23-20(14-18)19-8-4-5-9-22(19)28-23/h1-14,16,21,24,27H,15H2. The highest BCUT2D eigenvalue weighted by atomic mass is 32.1. The quantitative estimate of drug-likeness (QED) is 0.438. The molecular weight excluding hydrogens is 364 g/mol. The van der Waals surface area contributed by atoms with E-state index in [9.17, 15) is 5.11 Å². The van der Waals surface area contributed by atoms with Crippen LogP contribution < -0.4 is 0 Å². The van der Waals surface area contributed by atoms with Crippen molar-refractivity contribution in [3.63, 3.8) is 0 Å². The van der Waals surface area contributed by atoms with E-state index in [1.165, 1.54) is 20.2 Å². The van der Waals surface area contributed by atoms with Gasteiger partial charge < -0.3 is 9.67 Å². The van der Waals surface area contributed by atoms with Gasteiger partial charge in [0, 0.05) is 38.5 Å². The van der Waals surface area contributed by atoms with E-state index in [4.69, 9.17) is 0 Å². The smallest absolute Gasteiger partial charge is 0.0946 e. The van der Waals surface area contributed by atoms with Crippen LogP contribution in [-0.2, 0) is 6.54 Å². The van der Waals surface area contributed by atoms with Crippen molar-refractivity contribution in [2.75, 3.05) is 0 Å². The van der Waals surface area contributed by atoms with Gasteiger partial charge in [-0.3, -0.25) is 0 Å². The Balaban J connectivity index is 1.62. The average molecular weight is 385 g/mol. The third-order valence-electron chi connectivity index (χ3n) is 5.26. The summed E-state index contributed by atoms with van der Waals surface area (Å²) < 4.78 is 4.50. The van der Waals surface area contributed by atoms with Crippen LogP contribution in [0.4, 0.5) is 0 Å². The number of rotatable bonds is 5. The number of aromatic nitrogens is 2. The maximum Gasteiger partial charge on any atom is 0.0946 e. The van der Waals surface area contributed by atoms with E-state index in [-0.39, 0.29) is 5.92 Å². The van der Waals surface area contributed by atoms with Gasteiger partial charge in [0.25, 0.3) is 0 Å². The molecule has 3 aromatic carbocycles. The van der Waals surface area contributed by atoms with Crippen molar-refractivity contribution >= 4 is 31.5 Å². The van der Waals surface area contributed by atoms with Crippen LogP contribution >= 0.6 is 11.3 Å². The fourth-order valence-corrected chi connectivity index (χ4v) is 5.04. The zero-order valence-electron chi connectivity index (χ0n) is 15.3. The molecule has 0 aliphatic carbocycles. The topological polar surface area (TPSA) is 38.0 Å². The summed E-state index contributed by atoms with van der Waals surface area (Å²) in [6.07, 6.45) is 4.83. The van der Waals surface area contributed by atoms with Crippen molar-refractivity contribution in [3.8, 4) is 0 Å². The van der Waals surface area contributed by atoms with Crippen molar-refractivity contribution in [1.82, 2.24) is 9.55 Å². The normalized spacial score (nSPS) is 13.8. The largest absolute Gasteiger partial charge is 0.390 e. The van der Waals surface area contributed by atoms with E-state index < -0.39 is 6.10 Å². The molecule has 3 nitrogen and oxygen atoms in total. The number of fused-ring (bicyclic) bond motifs is 3. The molecule has 5 rings (SSSR count). The van der Waals surface area contributed by atoms with Crippen LogP contribution in [-0.4, -0.2) is 20.8 Å². The van der Waals surface area contributed by atoms with Crippen LogP contribution in [0.15, 0.2) is 91.5 Å². The Hall–Kier alpha value is -2.95. The molecule has 138 valence electrons. The van der Waals surface area contributed by atoms with E-state index >= 15 is 0 Å². The molecule has 0 radical (unpaired) electrons. The highest BCUT2D eigenvalue weighted by Crippen LogP contribution is 2.37. The van der Waals surface area contributed by atoms with Crippen molar-refractivity contribution in [3.05, 3.63) is 103 Å². The lowest BCUT2D eigenvalue weighted by Gasteiger charge is -2.24. The van der Waals surface area contributed by atoms with Crippen LogP contribution in [0.2, 0.25) is 0 Å². The van der Waals surface area contributed by atoms with Crippen LogP contribution in [0.5, 0.6) is 0 Å². The van der Waals surface area contributed by atoms with Crippen molar-refractivity contribution in [2.24, 2.45) is 0 Å². The molecule has 0 amide bonds. The third kappa shape index (κ3) is 3.11. The Morgan fingerprint density at radius 1 is 0.857 bits per heavy atom. The van der Waals surface area contributed by atoms with Crippen molar-refractivity contribution in [2.45, 2.75) is 18.6 Å². The average Bonchev–Trinajstić information content (AvgIpc) is 3.36. The number of nitrogens with zero attached hydrogens (tertiary/aromatic N) is 2. The Morgan fingerprint density at radius 2 is 1.64 bits per heavy atom. The number of hydrogen-bond donors (Lipinski definition) is 1. The molecule has 0 bridgehead atoms. The first-order chi connectivity index (χ1) is 13.8. The highest BCUT2D eigenvalue weighted by Gasteiger charge is 2.24. The fourth-order valence-electron chi connectivity index (χ4n) is 3.95. The van der Waals surface area contributed by atoms with Gasteiger partial charge in [-0.25, -0.2) is 4.98 Å². The zero-order valence-corrected chi connectivity index (χ0v) is 16.1. The first kappa shape index (κ1) is 17.2. The lowest BCUT2D eigenvalue weighted by atomic mass is 9.86. The minimum Gasteiger partial charge on any atom is -0.390 e.